The topological polar surface area (TPSA) is 43.6 Å². The van der Waals surface area contributed by atoms with Crippen molar-refractivity contribution in [2.45, 2.75) is 0 Å². The molecule has 0 bridgehead atoms. The molecule has 0 aromatic carbocycles. The molecule has 2 rings (SSSR count). The van der Waals surface area contributed by atoms with E-state index in [0.717, 1.165) is 5.65 Å². The molecular weight excluding hydrogens is 248 g/mol. The van der Waals surface area contributed by atoms with Crippen LogP contribution in [-0.2, 0) is 4.74 Å². The van der Waals surface area contributed by atoms with E-state index < -0.39 is 0 Å². The highest BCUT2D eigenvalue weighted by Crippen LogP contribution is 2.19. The van der Waals surface area contributed by atoms with Crippen LogP contribution < -0.4 is 0 Å². The van der Waals surface area contributed by atoms with E-state index in [4.69, 9.17) is 0 Å². The van der Waals surface area contributed by atoms with Gasteiger partial charge in [-0.2, -0.15) is 0 Å². The van der Waals surface area contributed by atoms with Crippen LogP contribution in [0.25, 0.3) is 5.65 Å². The molecule has 5 heteroatoms. The minimum absolute atomic E-state index is 0.368. The van der Waals surface area contributed by atoms with Crippen LogP contribution in [0.1, 0.15) is 10.4 Å². The predicted octanol–water partition coefficient (Wildman–Crippen LogP) is 1.88. The van der Waals surface area contributed by atoms with Crippen LogP contribution in [0.2, 0.25) is 0 Å². The second-order valence-electron chi connectivity index (χ2n) is 2.68. The molecule has 0 spiro atoms. The van der Waals surface area contributed by atoms with Crippen LogP contribution >= 0.6 is 15.9 Å². The Balaban J connectivity index is 2.67. The zero-order chi connectivity index (χ0) is 10.1. The molecule has 0 aliphatic heterocycles. The number of esters is 1. The van der Waals surface area contributed by atoms with E-state index in [1.807, 2.05) is 0 Å². The van der Waals surface area contributed by atoms with Crippen LogP contribution in [0.3, 0.4) is 0 Å². The maximum absolute atomic E-state index is 11.3. The summed E-state index contributed by atoms with van der Waals surface area (Å²) in [5, 5.41) is 0. The average molecular weight is 255 g/mol. The summed E-state index contributed by atoms with van der Waals surface area (Å²) in [6.07, 6.45) is 3.44. The number of imidazole rings is 1. The van der Waals surface area contributed by atoms with E-state index in [1.54, 1.807) is 28.9 Å². The summed E-state index contributed by atoms with van der Waals surface area (Å²) >= 11 is 3.32. The van der Waals surface area contributed by atoms with Gasteiger partial charge in [0.05, 0.1) is 12.7 Å². The molecule has 0 fully saturated rings. The Hall–Kier alpha value is -1.36. The van der Waals surface area contributed by atoms with Crippen molar-refractivity contribution >= 4 is 27.5 Å². The van der Waals surface area contributed by atoms with Crippen LogP contribution in [0, 0.1) is 0 Å². The minimum Gasteiger partial charge on any atom is -0.465 e. The van der Waals surface area contributed by atoms with Crippen molar-refractivity contribution in [1.82, 2.24) is 9.38 Å². The number of aromatic nitrogens is 2. The van der Waals surface area contributed by atoms with E-state index in [-0.39, 0.29) is 5.97 Å². The van der Waals surface area contributed by atoms with Gasteiger partial charge in [-0.25, -0.2) is 9.78 Å². The first-order chi connectivity index (χ1) is 6.74. The molecule has 72 valence electrons. The van der Waals surface area contributed by atoms with Crippen LogP contribution in [0.15, 0.2) is 29.1 Å². The lowest BCUT2D eigenvalue weighted by atomic mass is 10.3. The largest absolute Gasteiger partial charge is 0.465 e. The lowest BCUT2D eigenvalue weighted by Crippen LogP contribution is -2.04. The molecule has 0 aliphatic rings. The first-order valence-electron chi connectivity index (χ1n) is 3.94. The molecule has 0 atom stereocenters. The van der Waals surface area contributed by atoms with Gasteiger partial charge in [0.15, 0.2) is 0 Å². The van der Waals surface area contributed by atoms with Crippen LogP contribution in [-0.4, -0.2) is 22.5 Å². The fraction of sp³-hybridized carbons (Fsp3) is 0.111. The number of pyridine rings is 1. The third-order valence-corrected chi connectivity index (χ3v) is 2.72. The number of carbonyl (C=O) groups is 1. The van der Waals surface area contributed by atoms with Gasteiger partial charge < -0.3 is 4.74 Å². The molecule has 0 saturated heterocycles. The van der Waals surface area contributed by atoms with Crippen molar-refractivity contribution in [3.63, 3.8) is 0 Å². The summed E-state index contributed by atoms with van der Waals surface area (Å²) < 4.78 is 7.06. The third kappa shape index (κ3) is 1.29. The number of fused-ring (bicyclic) bond motifs is 1. The summed E-state index contributed by atoms with van der Waals surface area (Å²) in [4.78, 5) is 15.4. The maximum atomic E-state index is 11.3. The molecule has 0 unspecified atom stereocenters. The van der Waals surface area contributed by atoms with Gasteiger partial charge >= 0.3 is 5.97 Å². The zero-order valence-corrected chi connectivity index (χ0v) is 8.98. The highest BCUT2D eigenvalue weighted by atomic mass is 79.9. The number of halogens is 1. The number of methoxy groups -OCH3 is 1. The van der Waals surface area contributed by atoms with Crippen molar-refractivity contribution in [3.8, 4) is 0 Å². The summed E-state index contributed by atoms with van der Waals surface area (Å²) in [6.45, 7) is 0. The number of rotatable bonds is 1. The lowest BCUT2D eigenvalue weighted by Gasteiger charge is -2.04. The molecule has 0 aliphatic carbocycles. The second-order valence-corrected chi connectivity index (χ2v) is 3.44. The van der Waals surface area contributed by atoms with Gasteiger partial charge in [-0.1, -0.05) is 0 Å². The Morgan fingerprint density at radius 3 is 3.07 bits per heavy atom. The highest BCUT2D eigenvalue weighted by molar-refractivity contribution is 9.10. The fourth-order valence-electron chi connectivity index (χ4n) is 1.22. The summed E-state index contributed by atoms with van der Waals surface area (Å²) in [5.74, 6) is -0.368. The molecule has 2 aromatic rings. The van der Waals surface area contributed by atoms with Gasteiger partial charge in [0.1, 0.15) is 10.3 Å². The maximum Gasteiger partial charge on any atom is 0.340 e. The predicted molar refractivity (Wildman–Crippen MR) is 54.2 cm³/mol. The first kappa shape index (κ1) is 9.21. The van der Waals surface area contributed by atoms with Crippen molar-refractivity contribution in [1.29, 1.82) is 0 Å². The molecule has 0 amide bonds. The van der Waals surface area contributed by atoms with E-state index in [0.29, 0.717) is 10.2 Å². The molecule has 2 aromatic heterocycles. The summed E-state index contributed by atoms with van der Waals surface area (Å²) in [7, 11) is 1.35. The van der Waals surface area contributed by atoms with Crippen LogP contribution in [0.4, 0.5) is 0 Å². The molecular formula is C9H7BrN2O2. The summed E-state index contributed by atoms with van der Waals surface area (Å²) in [5.41, 5.74) is 1.27. The van der Waals surface area contributed by atoms with Gasteiger partial charge in [-0.3, -0.25) is 4.40 Å². The van der Waals surface area contributed by atoms with Gasteiger partial charge in [0, 0.05) is 12.4 Å². The zero-order valence-electron chi connectivity index (χ0n) is 7.40. The number of hydrogen-bond donors (Lipinski definition) is 0. The first-order valence-corrected chi connectivity index (χ1v) is 4.73. The molecule has 2 heterocycles. The van der Waals surface area contributed by atoms with E-state index in [1.165, 1.54) is 7.11 Å². The third-order valence-electron chi connectivity index (χ3n) is 1.91. The second kappa shape index (κ2) is 3.42. The van der Waals surface area contributed by atoms with Gasteiger partial charge in [-0.15, -0.1) is 0 Å². The highest BCUT2D eigenvalue weighted by Gasteiger charge is 2.12. The summed E-state index contributed by atoms with van der Waals surface area (Å²) in [6, 6.07) is 3.44. The Bertz CT molecular complexity index is 493. The lowest BCUT2D eigenvalue weighted by molar-refractivity contribution is 0.0599. The fourth-order valence-corrected chi connectivity index (χ4v) is 1.82. The average Bonchev–Trinajstić information content (AvgIpc) is 2.66. The van der Waals surface area contributed by atoms with Gasteiger partial charge in [0.2, 0.25) is 0 Å². The number of hydrogen-bond acceptors (Lipinski definition) is 3. The van der Waals surface area contributed by atoms with Gasteiger partial charge in [0.25, 0.3) is 0 Å². The Labute approximate surface area is 88.6 Å². The normalized spacial score (nSPS) is 10.4. The molecule has 0 radical (unpaired) electrons. The van der Waals surface area contributed by atoms with Crippen molar-refractivity contribution in [2.75, 3.05) is 7.11 Å². The molecule has 4 nitrogen and oxygen atoms in total. The number of ether oxygens (including phenoxy) is 1. The minimum atomic E-state index is -0.368. The Morgan fingerprint density at radius 1 is 1.57 bits per heavy atom. The Morgan fingerprint density at radius 2 is 2.36 bits per heavy atom. The molecule has 14 heavy (non-hydrogen) atoms. The van der Waals surface area contributed by atoms with Crippen molar-refractivity contribution < 1.29 is 9.53 Å². The molecule has 0 saturated carbocycles. The smallest absolute Gasteiger partial charge is 0.340 e. The standard InChI is InChI=1S/C9H7BrN2O2/c1-14-9(13)6-2-3-7-11-4-5-12(7)8(6)10/h2-5H,1H3. The van der Waals surface area contributed by atoms with Crippen LogP contribution in [0.5, 0.6) is 0 Å². The van der Waals surface area contributed by atoms with Crippen molar-refractivity contribution in [2.24, 2.45) is 0 Å². The van der Waals surface area contributed by atoms with E-state index in [9.17, 15) is 4.79 Å². The molecule has 0 N–H and O–H groups in total. The number of nitrogens with zero attached hydrogens (tertiary/aromatic N) is 2. The Kier molecular flexibility index (Phi) is 2.25. The quantitative estimate of drug-likeness (QED) is 0.577. The van der Waals surface area contributed by atoms with Crippen molar-refractivity contribution in [3.05, 3.63) is 34.7 Å². The van der Waals surface area contributed by atoms with Gasteiger partial charge in [-0.05, 0) is 28.1 Å². The number of carbonyl (C=O) groups excluding carboxylic acids is 1. The van der Waals surface area contributed by atoms with E-state index >= 15 is 0 Å². The monoisotopic (exact) mass is 254 g/mol. The SMILES string of the molecule is COC(=O)c1ccc2nccn2c1Br. The van der Waals surface area contributed by atoms with E-state index in [2.05, 4.69) is 25.7 Å².